The highest BCUT2D eigenvalue weighted by Crippen LogP contribution is 2.11. The summed E-state index contributed by atoms with van der Waals surface area (Å²) in [6, 6.07) is -0.144. The predicted molar refractivity (Wildman–Crippen MR) is 54.9 cm³/mol. The molecule has 2 N–H and O–H groups in total. The molecular weight excluding hydrogens is 180 g/mol. The van der Waals surface area contributed by atoms with Crippen LogP contribution in [0, 0.1) is 5.92 Å². The van der Waals surface area contributed by atoms with Gasteiger partial charge in [0.2, 0.25) is 5.91 Å². The van der Waals surface area contributed by atoms with E-state index in [2.05, 4.69) is 24.1 Å². The van der Waals surface area contributed by atoms with Gasteiger partial charge in [-0.1, -0.05) is 13.8 Å². The zero-order valence-electron chi connectivity index (χ0n) is 8.99. The standard InChI is InChI=1S/C10H20N2O2/c1-3-12-7-8(2)6-11-10(14)9(12)4-5-13/h8-9,13H,3-7H2,1-2H3,(H,11,14). The van der Waals surface area contributed by atoms with Crippen molar-refractivity contribution in [3.63, 3.8) is 0 Å². The van der Waals surface area contributed by atoms with Crippen molar-refractivity contribution in [3.05, 3.63) is 0 Å². The van der Waals surface area contributed by atoms with Crippen molar-refractivity contribution in [1.82, 2.24) is 10.2 Å². The van der Waals surface area contributed by atoms with Crippen molar-refractivity contribution in [2.75, 3.05) is 26.2 Å². The Balaban J connectivity index is 2.68. The summed E-state index contributed by atoms with van der Waals surface area (Å²) in [5.41, 5.74) is 0. The van der Waals surface area contributed by atoms with Crippen molar-refractivity contribution < 1.29 is 9.90 Å². The molecule has 1 aliphatic rings. The van der Waals surface area contributed by atoms with Gasteiger partial charge in [0, 0.05) is 19.7 Å². The Kier molecular flexibility index (Phi) is 4.35. The highest BCUT2D eigenvalue weighted by atomic mass is 16.3. The summed E-state index contributed by atoms with van der Waals surface area (Å²) in [6.45, 7) is 6.79. The first-order valence-electron chi connectivity index (χ1n) is 5.31. The van der Waals surface area contributed by atoms with Gasteiger partial charge in [-0.15, -0.1) is 0 Å². The monoisotopic (exact) mass is 200 g/mol. The minimum absolute atomic E-state index is 0.0604. The molecule has 0 aromatic heterocycles. The second-order valence-electron chi connectivity index (χ2n) is 3.97. The third-order valence-electron chi connectivity index (χ3n) is 2.72. The molecule has 0 radical (unpaired) electrons. The van der Waals surface area contributed by atoms with Gasteiger partial charge in [0.25, 0.3) is 0 Å². The fraction of sp³-hybridized carbons (Fsp3) is 0.900. The van der Waals surface area contributed by atoms with E-state index in [0.29, 0.717) is 12.3 Å². The summed E-state index contributed by atoms with van der Waals surface area (Å²) in [5.74, 6) is 0.549. The van der Waals surface area contributed by atoms with Crippen LogP contribution in [0.5, 0.6) is 0 Å². The lowest BCUT2D eigenvalue weighted by molar-refractivity contribution is -0.126. The van der Waals surface area contributed by atoms with E-state index < -0.39 is 0 Å². The molecule has 0 aromatic carbocycles. The quantitative estimate of drug-likeness (QED) is 0.665. The van der Waals surface area contributed by atoms with Crippen LogP contribution in [0.4, 0.5) is 0 Å². The van der Waals surface area contributed by atoms with Gasteiger partial charge >= 0.3 is 0 Å². The average Bonchev–Trinajstić information content (AvgIpc) is 2.31. The van der Waals surface area contributed by atoms with Gasteiger partial charge in [-0.25, -0.2) is 0 Å². The third kappa shape index (κ3) is 2.69. The lowest BCUT2D eigenvalue weighted by Crippen LogP contribution is -2.44. The molecule has 0 aromatic rings. The first-order valence-corrected chi connectivity index (χ1v) is 5.31. The molecular formula is C10H20N2O2. The number of carbonyl (C=O) groups is 1. The topological polar surface area (TPSA) is 52.6 Å². The second-order valence-corrected chi connectivity index (χ2v) is 3.97. The minimum atomic E-state index is -0.144. The molecule has 1 fully saturated rings. The highest BCUT2D eigenvalue weighted by Gasteiger charge is 2.28. The Labute approximate surface area is 85.3 Å². The molecule has 2 unspecified atom stereocenters. The summed E-state index contributed by atoms with van der Waals surface area (Å²) in [5, 5.41) is 11.8. The number of aliphatic hydroxyl groups is 1. The van der Waals surface area contributed by atoms with E-state index >= 15 is 0 Å². The summed E-state index contributed by atoms with van der Waals surface area (Å²) < 4.78 is 0. The van der Waals surface area contributed by atoms with Crippen molar-refractivity contribution in [2.24, 2.45) is 5.92 Å². The van der Waals surface area contributed by atoms with E-state index in [4.69, 9.17) is 5.11 Å². The summed E-state index contributed by atoms with van der Waals surface area (Å²) in [6.07, 6.45) is 0.534. The maximum Gasteiger partial charge on any atom is 0.237 e. The Morgan fingerprint density at radius 2 is 2.36 bits per heavy atom. The molecule has 0 aliphatic carbocycles. The Morgan fingerprint density at radius 1 is 1.64 bits per heavy atom. The number of amides is 1. The van der Waals surface area contributed by atoms with Gasteiger partial charge in [-0.2, -0.15) is 0 Å². The first-order chi connectivity index (χ1) is 6.69. The van der Waals surface area contributed by atoms with Gasteiger partial charge in [0.1, 0.15) is 0 Å². The minimum Gasteiger partial charge on any atom is -0.396 e. The fourth-order valence-corrected chi connectivity index (χ4v) is 1.94. The van der Waals surface area contributed by atoms with Gasteiger partial charge in [0.05, 0.1) is 6.04 Å². The average molecular weight is 200 g/mol. The maximum absolute atomic E-state index is 11.7. The summed E-state index contributed by atoms with van der Waals surface area (Å²) >= 11 is 0. The number of likely N-dealkylation sites (N-methyl/N-ethyl adjacent to an activating group) is 1. The molecule has 1 heterocycles. The summed E-state index contributed by atoms with van der Waals surface area (Å²) in [4.78, 5) is 13.8. The molecule has 1 amide bonds. The molecule has 4 heteroatoms. The van der Waals surface area contributed by atoms with Gasteiger partial charge in [-0.05, 0) is 18.9 Å². The maximum atomic E-state index is 11.7. The highest BCUT2D eigenvalue weighted by molar-refractivity contribution is 5.82. The van der Waals surface area contributed by atoms with Crippen molar-refractivity contribution in [1.29, 1.82) is 0 Å². The van der Waals surface area contributed by atoms with Crippen molar-refractivity contribution >= 4 is 5.91 Å². The van der Waals surface area contributed by atoms with Crippen molar-refractivity contribution in [3.8, 4) is 0 Å². The molecule has 1 rings (SSSR count). The number of carbonyl (C=O) groups excluding carboxylic acids is 1. The first kappa shape index (κ1) is 11.5. The molecule has 1 saturated heterocycles. The predicted octanol–water partition coefficient (Wildman–Crippen LogP) is -0.175. The lowest BCUT2D eigenvalue weighted by atomic mass is 10.1. The van der Waals surface area contributed by atoms with E-state index in [1.54, 1.807) is 0 Å². The number of nitrogens with one attached hydrogen (secondary N) is 1. The van der Waals surface area contributed by atoms with Crippen LogP contribution in [0.1, 0.15) is 20.3 Å². The molecule has 0 bridgehead atoms. The molecule has 14 heavy (non-hydrogen) atoms. The zero-order chi connectivity index (χ0) is 10.6. The molecule has 4 nitrogen and oxygen atoms in total. The molecule has 0 spiro atoms. The normalized spacial score (nSPS) is 29.8. The number of hydrogen-bond acceptors (Lipinski definition) is 3. The van der Waals surface area contributed by atoms with Gasteiger partial charge in [-0.3, -0.25) is 9.69 Å². The van der Waals surface area contributed by atoms with Crippen LogP contribution in [0.25, 0.3) is 0 Å². The van der Waals surface area contributed by atoms with Crippen LogP contribution < -0.4 is 5.32 Å². The SMILES string of the molecule is CCN1CC(C)CNC(=O)C1CCO. The van der Waals surface area contributed by atoms with Crippen LogP contribution in [-0.4, -0.2) is 48.2 Å². The van der Waals surface area contributed by atoms with E-state index in [9.17, 15) is 4.79 Å². The Hall–Kier alpha value is -0.610. The second kappa shape index (κ2) is 5.32. The third-order valence-corrected chi connectivity index (χ3v) is 2.72. The fourth-order valence-electron chi connectivity index (χ4n) is 1.94. The van der Waals surface area contributed by atoms with Gasteiger partial charge < -0.3 is 10.4 Å². The largest absolute Gasteiger partial charge is 0.396 e. The molecule has 82 valence electrons. The van der Waals surface area contributed by atoms with E-state index in [0.717, 1.165) is 19.6 Å². The number of nitrogens with zero attached hydrogens (tertiary/aromatic N) is 1. The van der Waals surface area contributed by atoms with Crippen LogP contribution in [0.15, 0.2) is 0 Å². The van der Waals surface area contributed by atoms with Gasteiger partial charge in [0.15, 0.2) is 0 Å². The summed E-state index contributed by atoms with van der Waals surface area (Å²) in [7, 11) is 0. The van der Waals surface area contributed by atoms with E-state index in [1.165, 1.54) is 0 Å². The zero-order valence-corrected chi connectivity index (χ0v) is 8.99. The van der Waals surface area contributed by atoms with Crippen LogP contribution in [0.3, 0.4) is 0 Å². The molecule has 1 aliphatic heterocycles. The number of aliphatic hydroxyl groups excluding tert-OH is 1. The van der Waals surface area contributed by atoms with Crippen LogP contribution >= 0.6 is 0 Å². The lowest BCUT2D eigenvalue weighted by Gasteiger charge is -2.27. The Morgan fingerprint density at radius 3 is 2.93 bits per heavy atom. The number of rotatable bonds is 3. The smallest absolute Gasteiger partial charge is 0.237 e. The number of hydrogen-bond donors (Lipinski definition) is 2. The molecule has 0 saturated carbocycles. The van der Waals surface area contributed by atoms with Crippen molar-refractivity contribution in [2.45, 2.75) is 26.3 Å². The van der Waals surface area contributed by atoms with Crippen LogP contribution in [0.2, 0.25) is 0 Å². The molecule has 2 atom stereocenters. The Bertz CT molecular complexity index is 197. The van der Waals surface area contributed by atoms with E-state index in [1.807, 2.05) is 0 Å². The van der Waals surface area contributed by atoms with E-state index in [-0.39, 0.29) is 18.6 Å². The van der Waals surface area contributed by atoms with Crippen LogP contribution in [-0.2, 0) is 4.79 Å².